The molecule has 0 radical (unpaired) electrons. The van der Waals surface area contributed by atoms with E-state index in [2.05, 4.69) is 56.9 Å². The van der Waals surface area contributed by atoms with Crippen molar-refractivity contribution in [1.82, 2.24) is 20.6 Å². The topological polar surface area (TPSA) is 57.7 Å². The predicted octanol–water partition coefficient (Wildman–Crippen LogP) is 1.33. The standard InChI is InChI=1S/C11H11N5/c1-16-6-2-3-8-7-9(4-5-10(8)16)11-12-14-15-13-11/h2-5,7H,6H2,1H3,(H,12,13,14,15). The molecule has 1 aliphatic rings. The first kappa shape index (κ1) is 9.08. The van der Waals surface area contributed by atoms with Gasteiger partial charge in [-0.1, -0.05) is 12.2 Å². The quantitative estimate of drug-likeness (QED) is 0.776. The summed E-state index contributed by atoms with van der Waals surface area (Å²) in [7, 11) is 2.08. The Balaban J connectivity index is 2.10. The van der Waals surface area contributed by atoms with Gasteiger partial charge >= 0.3 is 0 Å². The van der Waals surface area contributed by atoms with Crippen molar-refractivity contribution in [3.63, 3.8) is 0 Å². The highest BCUT2D eigenvalue weighted by Crippen LogP contribution is 2.28. The lowest BCUT2D eigenvalue weighted by Crippen LogP contribution is -2.20. The van der Waals surface area contributed by atoms with Crippen LogP contribution in [0.25, 0.3) is 17.5 Å². The molecule has 0 bridgehead atoms. The van der Waals surface area contributed by atoms with Gasteiger partial charge in [0.15, 0.2) is 0 Å². The lowest BCUT2D eigenvalue weighted by atomic mass is 10.0. The summed E-state index contributed by atoms with van der Waals surface area (Å²) in [6.45, 7) is 0.953. The number of fused-ring (bicyclic) bond motifs is 1. The van der Waals surface area contributed by atoms with Gasteiger partial charge in [-0.3, -0.25) is 0 Å². The second-order valence-electron chi connectivity index (χ2n) is 3.79. The van der Waals surface area contributed by atoms with Crippen LogP contribution >= 0.6 is 0 Å². The molecule has 1 aliphatic heterocycles. The minimum Gasteiger partial charge on any atom is -0.370 e. The number of rotatable bonds is 1. The van der Waals surface area contributed by atoms with Gasteiger partial charge in [0, 0.05) is 24.8 Å². The monoisotopic (exact) mass is 213 g/mol. The number of benzene rings is 1. The zero-order valence-electron chi connectivity index (χ0n) is 8.88. The minimum absolute atomic E-state index is 0.629. The Hall–Kier alpha value is -2.17. The molecule has 0 spiro atoms. The van der Waals surface area contributed by atoms with Crippen LogP contribution in [0.4, 0.5) is 5.69 Å². The van der Waals surface area contributed by atoms with Gasteiger partial charge in [0.1, 0.15) is 0 Å². The predicted molar refractivity (Wildman–Crippen MR) is 61.9 cm³/mol. The summed E-state index contributed by atoms with van der Waals surface area (Å²) in [4.78, 5) is 2.20. The summed E-state index contributed by atoms with van der Waals surface area (Å²) in [5, 5.41) is 14.0. The molecular formula is C11H11N5. The van der Waals surface area contributed by atoms with E-state index in [1.54, 1.807) is 0 Å². The maximum atomic E-state index is 3.97. The Morgan fingerprint density at radius 3 is 3.12 bits per heavy atom. The Morgan fingerprint density at radius 2 is 2.31 bits per heavy atom. The smallest absolute Gasteiger partial charge is 0.204 e. The van der Waals surface area contributed by atoms with Crippen LogP contribution in [0, 0.1) is 0 Å². The number of anilines is 1. The number of tetrazole rings is 1. The number of hydrogen-bond donors (Lipinski definition) is 1. The van der Waals surface area contributed by atoms with Crippen molar-refractivity contribution in [3.8, 4) is 11.4 Å². The summed E-state index contributed by atoms with van der Waals surface area (Å²) in [6.07, 6.45) is 4.27. The molecule has 1 N–H and O–H groups in total. The molecule has 0 saturated heterocycles. The zero-order chi connectivity index (χ0) is 11.0. The van der Waals surface area contributed by atoms with Gasteiger partial charge < -0.3 is 4.90 Å². The highest BCUT2D eigenvalue weighted by atomic mass is 15.5. The lowest BCUT2D eigenvalue weighted by Gasteiger charge is -2.23. The molecule has 0 saturated carbocycles. The van der Waals surface area contributed by atoms with Crippen LogP contribution in [-0.4, -0.2) is 34.2 Å². The number of hydrogen-bond acceptors (Lipinski definition) is 4. The fraction of sp³-hybridized carbons (Fsp3) is 0.182. The van der Waals surface area contributed by atoms with Gasteiger partial charge in [-0.2, -0.15) is 5.21 Å². The first-order valence-corrected chi connectivity index (χ1v) is 5.10. The SMILES string of the molecule is CN1CC=Cc2cc(-c3nn[nH]n3)ccc21. The fourth-order valence-electron chi connectivity index (χ4n) is 1.89. The third-order valence-electron chi connectivity index (χ3n) is 2.72. The molecule has 0 atom stereocenters. The van der Waals surface area contributed by atoms with Crippen LogP contribution < -0.4 is 4.90 Å². The number of aromatic amines is 1. The van der Waals surface area contributed by atoms with E-state index in [9.17, 15) is 0 Å². The molecule has 2 heterocycles. The molecule has 3 rings (SSSR count). The fourth-order valence-corrected chi connectivity index (χ4v) is 1.89. The number of nitrogens with one attached hydrogen (secondary N) is 1. The van der Waals surface area contributed by atoms with Crippen molar-refractivity contribution in [3.05, 3.63) is 29.8 Å². The van der Waals surface area contributed by atoms with Gasteiger partial charge in [-0.05, 0) is 29.0 Å². The van der Waals surface area contributed by atoms with Gasteiger partial charge in [-0.25, -0.2) is 0 Å². The van der Waals surface area contributed by atoms with E-state index in [0.717, 1.165) is 12.1 Å². The highest BCUT2D eigenvalue weighted by molar-refractivity contribution is 5.75. The van der Waals surface area contributed by atoms with Crippen molar-refractivity contribution in [2.24, 2.45) is 0 Å². The van der Waals surface area contributed by atoms with Crippen molar-refractivity contribution in [2.75, 3.05) is 18.5 Å². The Morgan fingerprint density at radius 1 is 1.38 bits per heavy atom. The van der Waals surface area contributed by atoms with Crippen LogP contribution in [0.1, 0.15) is 5.56 Å². The third-order valence-corrected chi connectivity index (χ3v) is 2.72. The summed E-state index contributed by atoms with van der Waals surface area (Å²) in [6, 6.07) is 6.18. The van der Waals surface area contributed by atoms with Crippen LogP contribution in [0.2, 0.25) is 0 Å². The maximum Gasteiger partial charge on any atom is 0.204 e. The maximum absolute atomic E-state index is 3.97. The Bertz CT molecular complexity index is 529. The highest BCUT2D eigenvalue weighted by Gasteiger charge is 2.11. The van der Waals surface area contributed by atoms with Crippen molar-refractivity contribution < 1.29 is 0 Å². The molecule has 1 aromatic heterocycles. The molecule has 0 aliphatic carbocycles. The Kier molecular flexibility index (Phi) is 1.96. The summed E-state index contributed by atoms with van der Waals surface area (Å²) < 4.78 is 0. The van der Waals surface area contributed by atoms with Crippen LogP contribution in [-0.2, 0) is 0 Å². The lowest BCUT2D eigenvalue weighted by molar-refractivity contribution is 0.881. The molecular weight excluding hydrogens is 202 g/mol. The van der Waals surface area contributed by atoms with E-state index < -0.39 is 0 Å². The van der Waals surface area contributed by atoms with E-state index in [-0.39, 0.29) is 0 Å². The van der Waals surface area contributed by atoms with E-state index >= 15 is 0 Å². The van der Waals surface area contributed by atoms with Gasteiger partial charge in [-0.15, -0.1) is 10.2 Å². The summed E-state index contributed by atoms with van der Waals surface area (Å²) in [5.74, 6) is 0.629. The van der Waals surface area contributed by atoms with Gasteiger partial charge in [0.2, 0.25) is 5.82 Å². The van der Waals surface area contributed by atoms with E-state index in [1.165, 1.54) is 11.3 Å². The van der Waals surface area contributed by atoms with Crippen LogP contribution in [0.3, 0.4) is 0 Å². The average Bonchev–Trinajstić information content (AvgIpc) is 2.82. The first-order valence-electron chi connectivity index (χ1n) is 5.10. The molecule has 0 fully saturated rings. The van der Waals surface area contributed by atoms with Crippen molar-refractivity contribution in [2.45, 2.75) is 0 Å². The van der Waals surface area contributed by atoms with Gasteiger partial charge in [0.05, 0.1) is 0 Å². The number of nitrogens with zero attached hydrogens (tertiary/aromatic N) is 4. The molecule has 80 valence electrons. The average molecular weight is 213 g/mol. The normalized spacial score (nSPS) is 13.9. The van der Waals surface area contributed by atoms with Crippen LogP contribution in [0.15, 0.2) is 24.3 Å². The van der Waals surface area contributed by atoms with E-state index in [1.807, 2.05) is 6.07 Å². The molecule has 5 nitrogen and oxygen atoms in total. The zero-order valence-corrected chi connectivity index (χ0v) is 8.88. The second kappa shape index (κ2) is 3.44. The van der Waals surface area contributed by atoms with Crippen molar-refractivity contribution >= 4 is 11.8 Å². The third kappa shape index (κ3) is 1.37. The van der Waals surface area contributed by atoms with E-state index in [4.69, 9.17) is 0 Å². The molecule has 0 unspecified atom stereocenters. The molecule has 1 aromatic carbocycles. The molecule has 5 heteroatoms. The molecule has 2 aromatic rings. The van der Waals surface area contributed by atoms with E-state index in [0.29, 0.717) is 5.82 Å². The number of likely N-dealkylation sites (N-methyl/N-ethyl adjacent to an activating group) is 1. The van der Waals surface area contributed by atoms with Gasteiger partial charge in [0.25, 0.3) is 0 Å². The van der Waals surface area contributed by atoms with Crippen LogP contribution in [0.5, 0.6) is 0 Å². The molecule has 16 heavy (non-hydrogen) atoms. The van der Waals surface area contributed by atoms with Crippen molar-refractivity contribution in [1.29, 1.82) is 0 Å². The summed E-state index contributed by atoms with van der Waals surface area (Å²) in [5.41, 5.74) is 3.40. The molecule has 0 amide bonds. The summed E-state index contributed by atoms with van der Waals surface area (Å²) >= 11 is 0. The largest absolute Gasteiger partial charge is 0.370 e. The Labute approximate surface area is 92.8 Å². The number of H-pyrrole nitrogens is 1. The first-order chi connectivity index (χ1) is 7.84. The number of aromatic nitrogens is 4. The minimum atomic E-state index is 0.629. The second-order valence-corrected chi connectivity index (χ2v) is 3.79.